The Labute approximate surface area is 109 Å². The predicted octanol–water partition coefficient (Wildman–Crippen LogP) is 4.64. The largest absolute Gasteiger partial charge is 0.398 e. The molecule has 0 spiro atoms. The molecule has 2 rings (SSSR count). The quantitative estimate of drug-likeness (QED) is 0.790. The Morgan fingerprint density at radius 3 is 2.88 bits per heavy atom. The number of nitrogen functional groups attached to an aromatic ring is 1. The van der Waals surface area contributed by atoms with E-state index in [2.05, 4.69) is 32.0 Å². The summed E-state index contributed by atoms with van der Waals surface area (Å²) in [6.07, 6.45) is 6.88. The van der Waals surface area contributed by atoms with Gasteiger partial charge in [0.2, 0.25) is 0 Å². The maximum absolute atomic E-state index is 6.08. The lowest BCUT2D eigenvalue weighted by atomic mass is 9.87. The Morgan fingerprint density at radius 1 is 1.35 bits per heavy atom. The molecule has 1 aliphatic rings. The van der Waals surface area contributed by atoms with E-state index in [1.54, 1.807) is 0 Å². The molecule has 1 nitrogen and oxygen atoms in total. The molecule has 0 heterocycles. The van der Waals surface area contributed by atoms with Gasteiger partial charge in [0, 0.05) is 15.8 Å². The summed E-state index contributed by atoms with van der Waals surface area (Å²) < 4.78 is 0. The highest BCUT2D eigenvalue weighted by molar-refractivity contribution is 8.00. The van der Waals surface area contributed by atoms with Crippen molar-refractivity contribution in [1.82, 2.24) is 0 Å². The fourth-order valence-corrected chi connectivity index (χ4v) is 4.03. The number of thioether (sulfide) groups is 1. The van der Waals surface area contributed by atoms with Crippen LogP contribution >= 0.6 is 11.8 Å². The molecular formula is C15H23NS. The van der Waals surface area contributed by atoms with Crippen LogP contribution in [0.4, 0.5) is 5.69 Å². The summed E-state index contributed by atoms with van der Waals surface area (Å²) in [6, 6.07) is 6.44. The van der Waals surface area contributed by atoms with Crippen LogP contribution in [0.3, 0.4) is 0 Å². The summed E-state index contributed by atoms with van der Waals surface area (Å²) in [5.41, 5.74) is 8.29. The van der Waals surface area contributed by atoms with Gasteiger partial charge in [-0.05, 0) is 43.4 Å². The van der Waals surface area contributed by atoms with Gasteiger partial charge in [0.1, 0.15) is 0 Å². The van der Waals surface area contributed by atoms with Crippen LogP contribution in [0.15, 0.2) is 23.1 Å². The molecule has 1 saturated carbocycles. The van der Waals surface area contributed by atoms with Gasteiger partial charge in [-0.1, -0.05) is 32.3 Å². The summed E-state index contributed by atoms with van der Waals surface area (Å²) in [6.45, 7) is 4.41. The number of anilines is 1. The second kappa shape index (κ2) is 5.81. The summed E-state index contributed by atoms with van der Waals surface area (Å²) in [7, 11) is 0. The van der Waals surface area contributed by atoms with Crippen molar-refractivity contribution in [3.05, 3.63) is 23.8 Å². The average Bonchev–Trinajstić information content (AvgIpc) is 2.33. The van der Waals surface area contributed by atoms with Gasteiger partial charge >= 0.3 is 0 Å². The van der Waals surface area contributed by atoms with Gasteiger partial charge in [-0.25, -0.2) is 0 Å². The van der Waals surface area contributed by atoms with Gasteiger partial charge in [0.25, 0.3) is 0 Å². The second-order valence-electron chi connectivity index (χ2n) is 5.22. The van der Waals surface area contributed by atoms with Crippen LogP contribution < -0.4 is 5.73 Å². The summed E-state index contributed by atoms with van der Waals surface area (Å²) >= 11 is 1.99. The molecule has 1 aliphatic carbocycles. The van der Waals surface area contributed by atoms with E-state index in [0.29, 0.717) is 0 Å². The van der Waals surface area contributed by atoms with E-state index in [9.17, 15) is 0 Å². The van der Waals surface area contributed by atoms with Crippen LogP contribution in [0.2, 0.25) is 0 Å². The first-order chi connectivity index (χ1) is 8.19. The van der Waals surface area contributed by atoms with Crippen LogP contribution in [0.25, 0.3) is 0 Å². The molecule has 94 valence electrons. The fourth-order valence-electron chi connectivity index (χ4n) is 2.67. The highest BCUT2D eigenvalue weighted by atomic mass is 32.2. The van der Waals surface area contributed by atoms with Crippen LogP contribution in [-0.4, -0.2) is 5.25 Å². The molecule has 0 saturated heterocycles. The first-order valence-electron chi connectivity index (χ1n) is 6.71. The minimum atomic E-state index is 0.777. The van der Waals surface area contributed by atoms with Crippen LogP contribution in [-0.2, 0) is 0 Å². The summed E-state index contributed by atoms with van der Waals surface area (Å²) in [5, 5.41) is 0.777. The number of hydrogen-bond acceptors (Lipinski definition) is 2. The van der Waals surface area contributed by atoms with E-state index < -0.39 is 0 Å². The molecule has 2 unspecified atom stereocenters. The lowest BCUT2D eigenvalue weighted by molar-refractivity contribution is 0.357. The van der Waals surface area contributed by atoms with Crippen LogP contribution in [0.5, 0.6) is 0 Å². The van der Waals surface area contributed by atoms with Crippen molar-refractivity contribution in [3.63, 3.8) is 0 Å². The van der Waals surface area contributed by atoms with Gasteiger partial charge in [-0.3, -0.25) is 0 Å². The number of rotatable bonds is 3. The molecule has 0 aliphatic heterocycles. The zero-order valence-electron chi connectivity index (χ0n) is 10.9. The molecule has 1 aromatic carbocycles. The van der Waals surface area contributed by atoms with Crippen LogP contribution in [0.1, 0.15) is 44.6 Å². The Morgan fingerprint density at radius 2 is 2.18 bits per heavy atom. The standard InChI is InChI=1S/C15H23NS/c1-3-12-5-4-6-13(10-12)17-15-8-7-11(2)9-14(15)16/h7-9,12-13H,3-6,10,16H2,1-2H3. The Balaban J connectivity index is 2.00. The van der Waals surface area contributed by atoms with E-state index in [-0.39, 0.29) is 0 Å². The van der Waals surface area contributed by atoms with E-state index in [0.717, 1.165) is 16.9 Å². The molecule has 2 heteroatoms. The van der Waals surface area contributed by atoms with E-state index in [1.165, 1.54) is 42.6 Å². The predicted molar refractivity (Wildman–Crippen MR) is 77.5 cm³/mol. The van der Waals surface area contributed by atoms with Gasteiger partial charge in [-0.15, -0.1) is 11.8 Å². The minimum absolute atomic E-state index is 0.777. The molecule has 17 heavy (non-hydrogen) atoms. The summed E-state index contributed by atoms with van der Waals surface area (Å²) in [5.74, 6) is 0.938. The monoisotopic (exact) mass is 249 g/mol. The van der Waals surface area contributed by atoms with Crippen molar-refractivity contribution in [1.29, 1.82) is 0 Å². The zero-order chi connectivity index (χ0) is 12.3. The maximum Gasteiger partial charge on any atom is 0.0454 e. The molecule has 2 atom stereocenters. The number of benzene rings is 1. The molecule has 0 aromatic heterocycles. The normalized spacial score (nSPS) is 24.8. The molecule has 0 amide bonds. The molecule has 0 bridgehead atoms. The molecule has 0 radical (unpaired) electrons. The van der Waals surface area contributed by atoms with Crippen molar-refractivity contribution in [3.8, 4) is 0 Å². The smallest absolute Gasteiger partial charge is 0.0454 e. The molecule has 1 fully saturated rings. The van der Waals surface area contributed by atoms with E-state index in [1.807, 2.05) is 11.8 Å². The van der Waals surface area contributed by atoms with Crippen LogP contribution in [0, 0.1) is 12.8 Å². The molecule has 2 N–H and O–H groups in total. The van der Waals surface area contributed by atoms with Gasteiger partial charge in [0.05, 0.1) is 0 Å². The highest BCUT2D eigenvalue weighted by Gasteiger charge is 2.21. The maximum atomic E-state index is 6.08. The minimum Gasteiger partial charge on any atom is -0.398 e. The van der Waals surface area contributed by atoms with E-state index >= 15 is 0 Å². The molecule has 1 aromatic rings. The zero-order valence-corrected chi connectivity index (χ0v) is 11.7. The topological polar surface area (TPSA) is 26.0 Å². The third-order valence-electron chi connectivity index (χ3n) is 3.77. The van der Waals surface area contributed by atoms with Gasteiger partial charge in [0.15, 0.2) is 0 Å². The van der Waals surface area contributed by atoms with E-state index in [4.69, 9.17) is 5.73 Å². The van der Waals surface area contributed by atoms with Crippen molar-refractivity contribution in [2.75, 3.05) is 5.73 Å². The van der Waals surface area contributed by atoms with Crippen molar-refractivity contribution in [2.45, 2.75) is 56.1 Å². The van der Waals surface area contributed by atoms with Crippen molar-refractivity contribution < 1.29 is 0 Å². The van der Waals surface area contributed by atoms with Gasteiger partial charge in [-0.2, -0.15) is 0 Å². The lowest BCUT2D eigenvalue weighted by Gasteiger charge is -2.28. The third kappa shape index (κ3) is 3.41. The first-order valence-corrected chi connectivity index (χ1v) is 7.59. The number of hydrogen-bond donors (Lipinski definition) is 1. The highest BCUT2D eigenvalue weighted by Crippen LogP contribution is 2.39. The van der Waals surface area contributed by atoms with Gasteiger partial charge < -0.3 is 5.73 Å². The fraction of sp³-hybridized carbons (Fsp3) is 0.600. The lowest BCUT2D eigenvalue weighted by Crippen LogP contribution is -2.16. The SMILES string of the molecule is CCC1CCCC(Sc2ccc(C)cc2N)C1. The number of aryl methyl sites for hydroxylation is 1. The Hall–Kier alpha value is -0.630. The average molecular weight is 249 g/mol. The second-order valence-corrected chi connectivity index (χ2v) is 6.56. The Bertz CT molecular complexity index is 375. The Kier molecular flexibility index (Phi) is 4.38. The first kappa shape index (κ1) is 12.8. The number of nitrogens with two attached hydrogens (primary N) is 1. The van der Waals surface area contributed by atoms with Crippen molar-refractivity contribution >= 4 is 17.4 Å². The molecular weight excluding hydrogens is 226 g/mol. The summed E-state index contributed by atoms with van der Waals surface area (Å²) in [4.78, 5) is 1.28. The van der Waals surface area contributed by atoms with Crippen molar-refractivity contribution in [2.24, 2.45) is 5.92 Å². The third-order valence-corrected chi connectivity index (χ3v) is 5.16.